The zero-order valence-corrected chi connectivity index (χ0v) is 88.4. The second-order valence-electron chi connectivity index (χ2n) is 33.9. The van der Waals surface area contributed by atoms with Crippen molar-refractivity contribution in [2.24, 2.45) is 65.5 Å². The summed E-state index contributed by atoms with van der Waals surface area (Å²) in [6.45, 7) is 27.5. The van der Waals surface area contributed by atoms with Crippen molar-refractivity contribution in [2.45, 2.75) is 119 Å². The molecule has 0 saturated carbocycles. The lowest BCUT2D eigenvalue weighted by Crippen LogP contribution is -2.16. The molecule has 0 aliphatic carbocycles. The summed E-state index contributed by atoms with van der Waals surface area (Å²) in [7, 11) is -3.49. The van der Waals surface area contributed by atoms with E-state index in [0.717, 1.165) is 37.5 Å². The number of anilines is 6. The van der Waals surface area contributed by atoms with Crippen molar-refractivity contribution >= 4 is 130 Å². The number of hydrogen-bond donors (Lipinski definition) is 6. The molecule has 0 radical (unpaired) electrons. The van der Waals surface area contributed by atoms with E-state index in [1.54, 1.807) is 72.8 Å². The third-order valence-corrected chi connectivity index (χ3v) is 24.5. The fourth-order valence-electron chi connectivity index (χ4n) is 13.6. The highest BCUT2D eigenvalue weighted by atomic mass is 32.2. The summed E-state index contributed by atoms with van der Waals surface area (Å²) in [5.74, 6) is 8.31. The van der Waals surface area contributed by atoms with Crippen LogP contribution in [0.1, 0.15) is 116 Å². The van der Waals surface area contributed by atoms with E-state index in [1.807, 2.05) is 27.7 Å². The number of nitrogens with zero attached hydrogens (tertiary/aromatic N) is 6. The number of methoxy groups -OCH3 is 12. The lowest BCUT2D eigenvalue weighted by molar-refractivity contribution is 0.291. The Kier molecular flexibility index (Phi) is 40.4. The molecule has 6 N–H and O–H groups in total. The Morgan fingerprint density at radius 1 is 0.232 bits per heavy atom. The number of hydrogen-bond acceptors (Lipinski definition) is 36. The van der Waals surface area contributed by atoms with Gasteiger partial charge in [0.25, 0.3) is 0 Å². The predicted molar refractivity (Wildman–Crippen MR) is 535 cm³/mol. The first-order valence-corrected chi connectivity index (χ1v) is 54.6. The van der Waals surface area contributed by atoms with Gasteiger partial charge in [-0.25, -0.2) is 80.5 Å². The van der Waals surface area contributed by atoms with Crippen LogP contribution in [0.2, 0.25) is 0 Å². The molecule has 0 saturated heterocycles. The molecule has 0 unspecified atom stereocenters. The minimum Gasteiger partial charge on any atom is -0.495 e. The van der Waals surface area contributed by atoms with E-state index in [9.17, 15) is 50.5 Å². The summed E-state index contributed by atoms with van der Waals surface area (Å²) in [6, 6.07) is 20.7. The quantitative estimate of drug-likeness (QED) is 0.0213. The molecule has 6 aromatic rings. The molecule has 6 atom stereocenters. The maximum atomic E-state index is 11.8. The fraction of sp³-hybridized carbons (Fsp3) is 0.533. The average molecular weight is 2050 g/mol. The van der Waals surface area contributed by atoms with E-state index >= 15 is 0 Å². The van der Waals surface area contributed by atoms with Crippen LogP contribution in [-0.2, 0) is 88.6 Å². The molecular formula is C90H132N12O30S6. The van der Waals surface area contributed by atoms with Gasteiger partial charge in [-0.15, -0.1) is 0 Å². The normalized spacial score (nSPS) is 17.7. The summed E-state index contributed by atoms with van der Waals surface area (Å²) in [4.78, 5) is 27.3. The number of ether oxygens (including phenoxy) is 18. The van der Waals surface area contributed by atoms with Crippen LogP contribution in [0, 0.1) is 35.5 Å². The Labute approximate surface area is 811 Å². The van der Waals surface area contributed by atoms with Gasteiger partial charge in [-0.2, -0.15) is 0 Å². The molecule has 0 bridgehead atoms. The third kappa shape index (κ3) is 31.1. The van der Waals surface area contributed by atoms with E-state index in [0.29, 0.717) is 190 Å². The Morgan fingerprint density at radius 2 is 0.420 bits per heavy atom. The lowest BCUT2D eigenvalue weighted by Gasteiger charge is -2.19. The predicted octanol–water partition coefficient (Wildman–Crippen LogP) is 11.3. The van der Waals surface area contributed by atoms with Gasteiger partial charge in [-0.1, -0.05) is 95.2 Å². The molecule has 6 aromatic carbocycles. The summed E-state index contributed by atoms with van der Waals surface area (Å²) < 4.78 is 253. The highest BCUT2D eigenvalue weighted by Crippen LogP contribution is 2.49. The molecule has 0 fully saturated rings. The van der Waals surface area contributed by atoms with Crippen LogP contribution in [0.5, 0.6) is 69.0 Å². The molecule has 42 nitrogen and oxygen atoms in total. The molecule has 6 heterocycles. The molecule has 12 rings (SSSR count). The second-order valence-corrected chi connectivity index (χ2v) is 44.4. The first-order valence-electron chi connectivity index (χ1n) is 43.2. The van der Waals surface area contributed by atoms with Crippen molar-refractivity contribution < 1.29 is 136 Å². The Hall–Kier alpha value is -11.8. The average Bonchev–Trinajstić information content (AvgIpc) is 0.871. The van der Waals surface area contributed by atoms with Crippen LogP contribution >= 0.6 is 0 Å². The number of benzene rings is 6. The summed E-state index contributed by atoms with van der Waals surface area (Å²) in [5, 5.41) is 0. The largest absolute Gasteiger partial charge is 0.495 e. The van der Waals surface area contributed by atoms with Crippen LogP contribution < -0.4 is 85.2 Å². The SMILES string of the molecule is COc1cc(C2=N[C@@H](C(C)C)CO2)c(NS(C)(=O)=O)c(OC)c1OC.COc1cc(C2=N[C@H](C(C)C)CO2)c(NS(C)(=O)=O)c(OC)c1OC.COc1ccc(C2=N[C@@H](C(C)C)CO2)c(NS(C)(=O)=O)c1OC.COc1ccc(C2=N[C@H](C(C)C)CO2)c(NS(C)(=O)=O)c1OC.COc1cccc(C2=N[C@@H](C(C)C)CO2)c1NS(C)(=O)=O.COc1cccc(C2=N[C@H](C(C)C)CO2)c1NS(C)(=O)=O. The van der Waals surface area contributed by atoms with E-state index in [2.05, 4.69) is 114 Å². The van der Waals surface area contributed by atoms with Crippen molar-refractivity contribution in [3.05, 3.63) is 106 Å². The summed E-state index contributed by atoms with van der Waals surface area (Å²) in [6.07, 6.45) is 6.45. The van der Waals surface area contributed by atoms with E-state index < -0.39 is 60.1 Å². The highest BCUT2D eigenvalue weighted by molar-refractivity contribution is 7.93. The zero-order chi connectivity index (χ0) is 103. The monoisotopic (exact) mass is 2050 g/mol. The van der Waals surface area contributed by atoms with Gasteiger partial charge in [-0.05, 0) is 96.2 Å². The molecule has 768 valence electrons. The first kappa shape index (κ1) is 113. The van der Waals surface area contributed by atoms with Gasteiger partial charge in [-0.3, -0.25) is 28.3 Å². The van der Waals surface area contributed by atoms with Crippen LogP contribution in [0.25, 0.3) is 0 Å². The van der Waals surface area contributed by atoms with Crippen LogP contribution in [0.4, 0.5) is 34.1 Å². The van der Waals surface area contributed by atoms with Crippen LogP contribution in [-0.4, -0.2) is 285 Å². The number of para-hydroxylation sites is 2. The maximum Gasteiger partial charge on any atom is 0.229 e. The molecule has 138 heavy (non-hydrogen) atoms. The highest BCUT2D eigenvalue weighted by Gasteiger charge is 2.37. The molecule has 6 aliphatic rings. The zero-order valence-electron chi connectivity index (χ0n) is 83.5. The van der Waals surface area contributed by atoms with Gasteiger partial charge in [0.15, 0.2) is 46.0 Å². The van der Waals surface area contributed by atoms with Crippen LogP contribution in [0.15, 0.2) is 103 Å². The smallest absolute Gasteiger partial charge is 0.229 e. The van der Waals surface area contributed by atoms with Gasteiger partial charge < -0.3 is 85.3 Å². The number of rotatable bonds is 36. The van der Waals surface area contributed by atoms with Crippen molar-refractivity contribution in [2.75, 3.05) is 191 Å². The van der Waals surface area contributed by atoms with E-state index in [4.69, 9.17) is 85.3 Å². The Balaban J connectivity index is 0.000000226. The van der Waals surface area contributed by atoms with Gasteiger partial charge >= 0.3 is 0 Å². The Morgan fingerprint density at radius 3 is 0.601 bits per heavy atom. The molecule has 0 amide bonds. The summed E-state index contributed by atoms with van der Waals surface area (Å²) in [5.41, 5.74) is 4.72. The van der Waals surface area contributed by atoms with Gasteiger partial charge in [0, 0.05) is 0 Å². The van der Waals surface area contributed by atoms with Crippen LogP contribution in [0.3, 0.4) is 0 Å². The third-order valence-electron chi connectivity index (χ3n) is 21.0. The van der Waals surface area contributed by atoms with E-state index in [-0.39, 0.29) is 93.5 Å². The standard InChI is InChI=1S/2C16H24N2O6S.2C15H22N2O5S.2C14H20N2O4S/c2*1-9(2)11-8-24-16(17-11)10-7-12(21-3)14(22-4)15(23-5)13(10)18-25(6,19)20;2*1-9(2)11-8-22-15(16-11)10-6-7-12(20-3)14(21-4)13(10)17-23(5,18)19;2*1-9(2)11-8-20-14(15-11)10-6-5-7-12(19-3)13(10)16-21(4,17)18/h2*7,9,11,18H,8H2,1-6H3;2*6-7,9,11,17H,8H2,1-5H3;2*5-7,9,11,16H,8H2,1-4H3/t6*11-/m101010/s1. The van der Waals surface area contributed by atoms with Crippen molar-refractivity contribution in [1.82, 2.24) is 0 Å². The second kappa shape index (κ2) is 49.2. The fourth-order valence-corrected chi connectivity index (χ4v) is 17.1. The maximum absolute atomic E-state index is 11.8. The lowest BCUT2D eigenvalue weighted by atomic mass is 10.1. The van der Waals surface area contributed by atoms with Crippen molar-refractivity contribution in [1.29, 1.82) is 0 Å². The minimum atomic E-state index is -3.57. The van der Waals surface area contributed by atoms with Gasteiger partial charge in [0.2, 0.25) is 107 Å². The number of aliphatic imine (C=N–C) groups is 6. The molecule has 6 aliphatic heterocycles. The molecular weight excluding hydrogens is 1920 g/mol. The molecule has 0 aromatic heterocycles. The number of sulfonamides is 6. The summed E-state index contributed by atoms with van der Waals surface area (Å²) >= 11 is 0. The molecule has 0 spiro atoms. The van der Waals surface area contributed by atoms with Gasteiger partial charge in [0.05, 0.1) is 192 Å². The van der Waals surface area contributed by atoms with Gasteiger partial charge in [0.1, 0.15) is 85.3 Å². The minimum absolute atomic E-state index is 0.000162. The van der Waals surface area contributed by atoms with Crippen molar-refractivity contribution in [3.63, 3.8) is 0 Å². The number of nitrogens with one attached hydrogen (secondary N) is 6. The first-order chi connectivity index (χ1) is 64.6. The topological polar surface area (TPSA) is 517 Å². The van der Waals surface area contributed by atoms with Crippen molar-refractivity contribution in [3.8, 4) is 69.0 Å². The Bertz CT molecular complexity index is 5820. The molecule has 48 heteroatoms. The van der Waals surface area contributed by atoms with E-state index in [1.165, 1.54) is 85.3 Å².